The van der Waals surface area contributed by atoms with Gasteiger partial charge in [0.2, 0.25) is 0 Å². The zero-order chi connectivity index (χ0) is 12.6. The van der Waals surface area contributed by atoms with Gasteiger partial charge in [-0.2, -0.15) is 0 Å². The van der Waals surface area contributed by atoms with Crippen LogP contribution in [0.4, 0.5) is 0 Å². The summed E-state index contributed by atoms with van der Waals surface area (Å²) >= 11 is 0. The molecule has 0 aliphatic rings. The van der Waals surface area contributed by atoms with E-state index in [0.717, 1.165) is 0 Å². The second-order valence-corrected chi connectivity index (χ2v) is 3.65. The summed E-state index contributed by atoms with van der Waals surface area (Å²) in [5, 5.41) is 34.9. The maximum atomic E-state index is 8.57. The fraction of sp³-hybridized carbons (Fsp3) is 0.667. The van der Waals surface area contributed by atoms with E-state index < -0.39 is 0 Å². The molecule has 0 spiro atoms. The summed E-state index contributed by atoms with van der Waals surface area (Å²) in [7, 11) is 0. The Kier molecular flexibility index (Phi) is 6.86. The smallest absolute Gasteiger partial charge is 0.0680 e. The van der Waals surface area contributed by atoms with Crippen LogP contribution in [0.3, 0.4) is 0 Å². The molecule has 0 heterocycles. The third-order valence-corrected chi connectivity index (χ3v) is 1.87. The van der Waals surface area contributed by atoms with E-state index in [0.29, 0.717) is 36.8 Å². The van der Waals surface area contributed by atoms with Crippen LogP contribution in [-0.4, -0.2) is 57.3 Å². The Morgan fingerprint density at radius 2 is 1.00 bits per heavy atom. The van der Waals surface area contributed by atoms with E-state index in [1.54, 1.807) is 20.8 Å². The molecule has 0 aromatic carbocycles. The fourth-order valence-electron chi connectivity index (χ4n) is 1.23. The van der Waals surface area contributed by atoms with Crippen LogP contribution in [0.2, 0.25) is 0 Å². The Hall–Kier alpha value is -1.63. The second kappa shape index (κ2) is 7.63. The summed E-state index contributed by atoms with van der Waals surface area (Å²) in [6, 6.07) is 0. The van der Waals surface area contributed by atoms with Gasteiger partial charge in [0.05, 0.1) is 17.1 Å². The summed E-state index contributed by atoms with van der Waals surface area (Å²) in [6.07, 6.45) is 0. The van der Waals surface area contributed by atoms with Crippen molar-refractivity contribution in [1.29, 1.82) is 0 Å². The van der Waals surface area contributed by atoms with Crippen LogP contribution in [0.15, 0.2) is 15.5 Å². The molecule has 7 heteroatoms. The first-order valence-corrected chi connectivity index (χ1v) is 4.78. The van der Waals surface area contributed by atoms with E-state index in [2.05, 4.69) is 15.5 Å². The molecule has 92 valence electrons. The lowest BCUT2D eigenvalue weighted by molar-refractivity contribution is 0.300. The van der Waals surface area contributed by atoms with Gasteiger partial charge in [0.1, 0.15) is 0 Å². The van der Waals surface area contributed by atoms with Gasteiger partial charge >= 0.3 is 0 Å². The van der Waals surface area contributed by atoms with E-state index in [1.807, 2.05) is 4.90 Å². The molecule has 0 aromatic heterocycles. The lowest BCUT2D eigenvalue weighted by Gasteiger charge is -2.20. The monoisotopic (exact) mass is 231 g/mol. The highest BCUT2D eigenvalue weighted by atomic mass is 16.4. The van der Waals surface area contributed by atoms with Crippen molar-refractivity contribution in [1.82, 2.24) is 4.90 Å². The van der Waals surface area contributed by atoms with E-state index in [-0.39, 0.29) is 0 Å². The average molecular weight is 231 g/mol. The summed E-state index contributed by atoms with van der Waals surface area (Å²) in [5.74, 6) is 0. The van der Waals surface area contributed by atoms with Crippen LogP contribution in [0.25, 0.3) is 0 Å². The zero-order valence-electron chi connectivity index (χ0n) is 9.75. The fourth-order valence-corrected chi connectivity index (χ4v) is 1.23. The van der Waals surface area contributed by atoms with Crippen LogP contribution in [0.1, 0.15) is 20.8 Å². The van der Waals surface area contributed by atoms with Crippen LogP contribution in [0.5, 0.6) is 0 Å². The first-order chi connectivity index (χ1) is 7.53. The molecule has 0 unspecified atom stereocenters. The van der Waals surface area contributed by atoms with Gasteiger partial charge in [-0.25, -0.2) is 0 Å². The number of oxime groups is 3. The van der Waals surface area contributed by atoms with Crippen LogP contribution < -0.4 is 0 Å². The Labute approximate surface area is 94.3 Å². The number of nitrogens with zero attached hydrogens (tertiary/aromatic N) is 4. The predicted molar refractivity (Wildman–Crippen MR) is 61.1 cm³/mol. The number of hydrogen-bond acceptors (Lipinski definition) is 7. The normalized spacial score (nSPS) is 14.6. The molecule has 0 aliphatic carbocycles. The molecule has 0 rings (SSSR count). The minimum absolute atomic E-state index is 0.399. The van der Waals surface area contributed by atoms with Gasteiger partial charge < -0.3 is 15.6 Å². The molecule has 0 saturated carbocycles. The Balaban J connectivity index is 4.50. The third kappa shape index (κ3) is 5.97. The van der Waals surface area contributed by atoms with Gasteiger partial charge in [0.25, 0.3) is 0 Å². The molecule has 0 saturated heterocycles. The first-order valence-electron chi connectivity index (χ1n) is 4.78. The summed E-state index contributed by atoms with van der Waals surface area (Å²) in [6.45, 7) is 6.21. The van der Waals surface area contributed by atoms with Crippen molar-refractivity contribution >= 4 is 17.1 Å². The SMILES string of the molecule is C/C(C[15N](C/C(C)=N/O)C/C(C)=N/O)=N/O. The molecule has 16 heavy (non-hydrogen) atoms. The quantitative estimate of drug-likeness (QED) is 0.273. The number of rotatable bonds is 6. The van der Waals surface area contributed by atoms with Crippen molar-refractivity contribution in [3.8, 4) is 0 Å². The van der Waals surface area contributed by atoms with Gasteiger partial charge in [0.15, 0.2) is 0 Å². The molecule has 0 bridgehead atoms. The standard InChI is InChI=1S/C9H18N4O3/c1-7(10-14)4-13(5-8(2)11-15)6-9(3)12-16/h14-16H,4-6H2,1-3H3/b10-7-,11-8+,12-9+/i13+1. The lowest BCUT2D eigenvalue weighted by atomic mass is 10.3. The van der Waals surface area contributed by atoms with Crippen LogP contribution in [0, 0.1) is 0 Å². The third-order valence-electron chi connectivity index (χ3n) is 1.87. The van der Waals surface area contributed by atoms with Crippen molar-refractivity contribution in [3.63, 3.8) is 0 Å². The minimum atomic E-state index is 0.399. The van der Waals surface area contributed by atoms with E-state index in [9.17, 15) is 0 Å². The van der Waals surface area contributed by atoms with E-state index >= 15 is 0 Å². The molecule has 0 amide bonds. The topological polar surface area (TPSA) is 101 Å². The van der Waals surface area contributed by atoms with Gasteiger partial charge in [-0.3, -0.25) is 4.90 Å². The van der Waals surface area contributed by atoms with Gasteiger partial charge in [0, 0.05) is 19.6 Å². The van der Waals surface area contributed by atoms with Crippen molar-refractivity contribution in [2.45, 2.75) is 20.8 Å². The minimum Gasteiger partial charge on any atom is -0.411 e. The van der Waals surface area contributed by atoms with E-state index in [1.165, 1.54) is 0 Å². The molecule has 0 fully saturated rings. The highest BCUT2D eigenvalue weighted by Crippen LogP contribution is 1.94. The Bertz CT molecular complexity index is 252. The molecular weight excluding hydrogens is 213 g/mol. The molecule has 0 aromatic rings. The molecule has 7 nitrogen and oxygen atoms in total. The second-order valence-electron chi connectivity index (χ2n) is 3.65. The largest absolute Gasteiger partial charge is 0.411 e. The average Bonchev–Trinajstić information content (AvgIpc) is 2.28. The number of hydrogen-bond donors (Lipinski definition) is 3. The van der Waals surface area contributed by atoms with E-state index in [4.69, 9.17) is 15.6 Å². The van der Waals surface area contributed by atoms with Crippen molar-refractivity contribution in [2.24, 2.45) is 15.5 Å². The molecular formula is C9H18N4O3. The van der Waals surface area contributed by atoms with Gasteiger partial charge in [-0.15, -0.1) is 0 Å². The maximum absolute atomic E-state index is 8.57. The molecule has 0 atom stereocenters. The zero-order valence-corrected chi connectivity index (χ0v) is 9.75. The van der Waals surface area contributed by atoms with Gasteiger partial charge in [-0.05, 0) is 20.8 Å². The lowest BCUT2D eigenvalue weighted by Crippen LogP contribution is -2.36. The maximum Gasteiger partial charge on any atom is 0.0680 e. The Morgan fingerprint density at radius 1 is 0.750 bits per heavy atom. The van der Waals surface area contributed by atoms with Crippen LogP contribution >= 0.6 is 0 Å². The summed E-state index contributed by atoms with van der Waals surface area (Å²) in [5.41, 5.74) is 1.57. The van der Waals surface area contributed by atoms with Crippen LogP contribution in [-0.2, 0) is 0 Å². The molecule has 3 N–H and O–H groups in total. The Morgan fingerprint density at radius 3 is 1.19 bits per heavy atom. The molecule has 0 aliphatic heterocycles. The molecule has 0 radical (unpaired) electrons. The highest BCUT2D eigenvalue weighted by Gasteiger charge is 2.10. The van der Waals surface area contributed by atoms with Crippen molar-refractivity contribution < 1.29 is 15.6 Å². The summed E-state index contributed by atoms with van der Waals surface area (Å²) < 4.78 is 0. The first kappa shape index (κ1) is 14.4. The van der Waals surface area contributed by atoms with Gasteiger partial charge in [-0.1, -0.05) is 15.5 Å². The van der Waals surface area contributed by atoms with Crippen molar-refractivity contribution in [2.75, 3.05) is 19.6 Å². The predicted octanol–water partition coefficient (Wildman–Crippen LogP) is 0.839. The van der Waals surface area contributed by atoms with Crippen molar-refractivity contribution in [3.05, 3.63) is 0 Å². The highest BCUT2D eigenvalue weighted by molar-refractivity contribution is 5.88. The summed E-state index contributed by atoms with van der Waals surface area (Å²) in [4.78, 5) is 1.82.